The van der Waals surface area contributed by atoms with Gasteiger partial charge in [-0.25, -0.2) is 14.4 Å². The zero-order chi connectivity index (χ0) is 17.2. The van der Waals surface area contributed by atoms with Crippen LogP contribution in [0, 0.1) is 5.82 Å². The van der Waals surface area contributed by atoms with E-state index in [-0.39, 0.29) is 30.6 Å². The Morgan fingerprint density at radius 1 is 1.19 bits per heavy atom. The van der Waals surface area contributed by atoms with Crippen molar-refractivity contribution in [1.29, 1.82) is 0 Å². The predicted molar refractivity (Wildman–Crippen MR) is 115 cm³/mol. The highest BCUT2D eigenvalue weighted by atomic mass is 35.5. The summed E-state index contributed by atoms with van der Waals surface area (Å²) in [6.45, 7) is 2.75. The molecule has 1 fully saturated rings. The standard InChI is InChI=1S/C18H18ClFN4S.2ClH/c19-16-9-15-17(21-11-22-18(15)25-16)23-14-4-6-24(7-5-14)10-12-2-1-3-13(20)8-12;;/h1-3,8-9,11,14H,4-7,10H2,(H,21,22,23);2*1H. The fourth-order valence-corrected chi connectivity index (χ4v) is 4.32. The zero-order valence-electron chi connectivity index (χ0n) is 14.4. The summed E-state index contributed by atoms with van der Waals surface area (Å²) in [6, 6.07) is 9.14. The second-order valence-corrected chi connectivity index (χ2v) is 7.98. The van der Waals surface area contributed by atoms with Gasteiger partial charge in [-0.2, -0.15) is 0 Å². The minimum atomic E-state index is -0.170. The first-order chi connectivity index (χ1) is 12.2. The Bertz CT molecular complexity index is 884. The summed E-state index contributed by atoms with van der Waals surface area (Å²) in [4.78, 5) is 11.9. The molecule has 3 heterocycles. The fraction of sp³-hybridized carbons (Fsp3) is 0.333. The number of anilines is 1. The highest BCUT2D eigenvalue weighted by Gasteiger charge is 2.20. The molecule has 9 heteroatoms. The summed E-state index contributed by atoms with van der Waals surface area (Å²) < 4.78 is 14.0. The van der Waals surface area contributed by atoms with Gasteiger partial charge >= 0.3 is 0 Å². The monoisotopic (exact) mass is 448 g/mol. The normalized spacial score (nSPS) is 15.2. The Balaban J connectivity index is 0.00000131. The van der Waals surface area contributed by atoms with E-state index >= 15 is 0 Å². The maximum Gasteiger partial charge on any atom is 0.138 e. The second-order valence-electron chi connectivity index (χ2n) is 6.32. The van der Waals surface area contributed by atoms with Gasteiger partial charge in [0.1, 0.15) is 22.8 Å². The van der Waals surface area contributed by atoms with E-state index in [1.165, 1.54) is 17.4 Å². The van der Waals surface area contributed by atoms with Crippen LogP contribution in [-0.2, 0) is 6.54 Å². The number of likely N-dealkylation sites (tertiary alicyclic amines) is 1. The Morgan fingerprint density at radius 2 is 1.96 bits per heavy atom. The number of hydrogen-bond donors (Lipinski definition) is 1. The van der Waals surface area contributed by atoms with Crippen LogP contribution in [0.25, 0.3) is 10.2 Å². The number of aromatic nitrogens is 2. The van der Waals surface area contributed by atoms with Crippen LogP contribution in [0.4, 0.5) is 10.2 Å². The summed E-state index contributed by atoms with van der Waals surface area (Å²) in [5.74, 6) is 0.688. The van der Waals surface area contributed by atoms with E-state index in [4.69, 9.17) is 11.6 Å². The smallest absolute Gasteiger partial charge is 0.138 e. The van der Waals surface area contributed by atoms with Gasteiger partial charge in [0.2, 0.25) is 0 Å². The van der Waals surface area contributed by atoms with Gasteiger partial charge in [0.05, 0.1) is 9.72 Å². The minimum absolute atomic E-state index is 0. The Morgan fingerprint density at radius 3 is 2.70 bits per heavy atom. The van der Waals surface area contributed by atoms with Gasteiger partial charge in [0.25, 0.3) is 0 Å². The topological polar surface area (TPSA) is 41.0 Å². The summed E-state index contributed by atoms with van der Waals surface area (Å²) >= 11 is 7.56. The van der Waals surface area contributed by atoms with Gasteiger partial charge in [-0.1, -0.05) is 23.7 Å². The van der Waals surface area contributed by atoms with Gasteiger partial charge in [-0.05, 0) is 36.6 Å². The molecule has 0 radical (unpaired) electrons. The van der Waals surface area contributed by atoms with Crippen LogP contribution in [0.5, 0.6) is 0 Å². The SMILES string of the molecule is Cl.Cl.Fc1cccc(CN2CCC(Nc3ncnc4sc(Cl)cc34)CC2)c1. The molecule has 27 heavy (non-hydrogen) atoms. The lowest BCUT2D eigenvalue weighted by Gasteiger charge is -2.32. The molecule has 0 atom stereocenters. The van der Waals surface area contributed by atoms with E-state index in [0.717, 1.165) is 58.4 Å². The van der Waals surface area contributed by atoms with E-state index in [1.807, 2.05) is 12.1 Å². The number of nitrogens with zero attached hydrogens (tertiary/aromatic N) is 3. The van der Waals surface area contributed by atoms with Gasteiger partial charge < -0.3 is 5.32 Å². The van der Waals surface area contributed by atoms with Crippen molar-refractivity contribution in [2.75, 3.05) is 18.4 Å². The molecule has 4 nitrogen and oxygen atoms in total. The number of hydrogen-bond acceptors (Lipinski definition) is 5. The molecule has 1 saturated heterocycles. The van der Waals surface area contributed by atoms with Gasteiger partial charge in [-0.3, -0.25) is 4.90 Å². The first-order valence-corrected chi connectivity index (χ1v) is 9.50. The number of fused-ring (bicyclic) bond motifs is 1. The summed E-state index contributed by atoms with van der Waals surface area (Å²) in [5.41, 5.74) is 1.02. The first kappa shape index (κ1) is 22.1. The maximum absolute atomic E-state index is 13.3. The minimum Gasteiger partial charge on any atom is -0.367 e. The number of thiophene rings is 1. The van der Waals surface area contributed by atoms with Crippen molar-refractivity contribution < 1.29 is 4.39 Å². The third-order valence-electron chi connectivity index (χ3n) is 4.52. The largest absolute Gasteiger partial charge is 0.367 e. The third kappa shape index (κ3) is 5.42. The maximum atomic E-state index is 13.3. The molecule has 1 aliphatic rings. The zero-order valence-corrected chi connectivity index (χ0v) is 17.6. The highest BCUT2D eigenvalue weighted by Crippen LogP contribution is 2.32. The van der Waals surface area contributed by atoms with Crippen molar-refractivity contribution in [3.05, 3.63) is 52.4 Å². The average Bonchev–Trinajstić information content (AvgIpc) is 2.98. The van der Waals surface area contributed by atoms with E-state index in [2.05, 4.69) is 20.2 Å². The predicted octanol–water partition coefficient (Wildman–Crippen LogP) is 5.40. The molecule has 0 aliphatic carbocycles. The van der Waals surface area contributed by atoms with Gasteiger partial charge in [0, 0.05) is 25.7 Å². The number of rotatable bonds is 4. The summed E-state index contributed by atoms with van der Waals surface area (Å²) in [5, 5.41) is 4.53. The van der Waals surface area contributed by atoms with Crippen LogP contribution >= 0.6 is 47.8 Å². The molecule has 4 rings (SSSR count). The van der Waals surface area contributed by atoms with Crippen molar-refractivity contribution in [3.63, 3.8) is 0 Å². The summed E-state index contributed by atoms with van der Waals surface area (Å²) in [6.07, 6.45) is 3.63. The van der Waals surface area contributed by atoms with Crippen LogP contribution in [-0.4, -0.2) is 34.0 Å². The quantitative estimate of drug-likeness (QED) is 0.578. The van der Waals surface area contributed by atoms with Crippen LogP contribution in [0.3, 0.4) is 0 Å². The van der Waals surface area contributed by atoms with Crippen LogP contribution in [0.1, 0.15) is 18.4 Å². The fourth-order valence-electron chi connectivity index (χ4n) is 3.26. The Labute approximate surface area is 179 Å². The molecule has 3 aromatic rings. The van der Waals surface area contributed by atoms with Crippen LogP contribution < -0.4 is 5.32 Å². The lowest BCUT2D eigenvalue weighted by Crippen LogP contribution is -2.38. The van der Waals surface area contributed by atoms with Crippen molar-refractivity contribution in [2.24, 2.45) is 0 Å². The van der Waals surface area contributed by atoms with Crippen molar-refractivity contribution >= 4 is 63.8 Å². The molecular formula is C18H20Cl3FN4S. The van der Waals surface area contributed by atoms with E-state index in [1.54, 1.807) is 18.5 Å². The Hall–Kier alpha value is -1.18. The highest BCUT2D eigenvalue weighted by molar-refractivity contribution is 7.22. The number of nitrogens with one attached hydrogen (secondary N) is 1. The molecule has 0 bridgehead atoms. The lowest BCUT2D eigenvalue weighted by atomic mass is 10.0. The number of piperidine rings is 1. The lowest BCUT2D eigenvalue weighted by molar-refractivity contribution is 0.211. The molecule has 1 aromatic carbocycles. The molecule has 0 saturated carbocycles. The van der Waals surface area contributed by atoms with Gasteiger partial charge in [-0.15, -0.1) is 36.2 Å². The van der Waals surface area contributed by atoms with Crippen molar-refractivity contribution in [3.8, 4) is 0 Å². The molecular weight excluding hydrogens is 430 g/mol. The molecule has 1 aliphatic heterocycles. The first-order valence-electron chi connectivity index (χ1n) is 8.31. The van der Waals surface area contributed by atoms with Crippen LogP contribution in [0.15, 0.2) is 36.7 Å². The van der Waals surface area contributed by atoms with E-state index in [9.17, 15) is 4.39 Å². The van der Waals surface area contributed by atoms with Crippen LogP contribution in [0.2, 0.25) is 4.34 Å². The third-order valence-corrected chi connectivity index (χ3v) is 5.70. The number of halogens is 4. The van der Waals surface area contributed by atoms with Crippen molar-refractivity contribution in [1.82, 2.24) is 14.9 Å². The molecule has 1 N–H and O–H groups in total. The van der Waals surface area contributed by atoms with E-state index in [0.29, 0.717) is 6.04 Å². The number of benzene rings is 1. The summed E-state index contributed by atoms with van der Waals surface area (Å²) in [7, 11) is 0. The van der Waals surface area contributed by atoms with E-state index < -0.39 is 0 Å². The van der Waals surface area contributed by atoms with Crippen molar-refractivity contribution in [2.45, 2.75) is 25.4 Å². The Kier molecular flexibility index (Phi) is 8.06. The van der Waals surface area contributed by atoms with Gasteiger partial charge in [0.15, 0.2) is 0 Å². The molecule has 0 spiro atoms. The molecule has 146 valence electrons. The second kappa shape index (κ2) is 9.85. The average molecular weight is 450 g/mol. The molecule has 0 amide bonds. The molecule has 2 aromatic heterocycles. The molecule has 0 unspecified atom stereocenters.